The summed E-state index contributed by atoms with van der Waals surface area (Å²) in [4.78, 5) is 14.4. The molecule has 1 aliphatic heterocycles. The van der Waals surface area contributed by atoms with Gasteiger partial charge in [0, 0.05) is 26.1 Å². The van der Waals surface area contributed by atoms with E-state index in [1.807, 2.05) is 40.7 Å². The Morgan fingerprint density at radius 3 is 2.95 bits per heavy atom. The molecule has 1 aromatic carbocycles. The molecule has 5 heteroatoms. The van der Waals surface area contributed by atoms with Crippen molar-refractivity contribution < 1.29 is 4.79 Å². The number of benzene rings is 1. The van der Waals surface area contributed by atoms with Gasteiger partial charge in [0.05, 0.1) is 6.42 Å². The van der Waals surface area contributed by atoms with Crippen molar-refractivity contribution >= 4 is 5.91 Å². The molecule has 20 heavy (non-hydrogen) atoms. The van der Waals surface area contributed by atoms with Gasteiger partial charge in [-0.3, -0.25) is 4.79 Å². The van der Waals surface area contributed by atoms with Crippen molar-refractivity contribution in [2.45, 2.75) is 26.3 Å². The number of hydrogen-bond acceptors (Lipinski definition) is 3. The van der Waals surface area contributed by atoms with Gasteiger partial charge in [-0.05, 0) is 18.1 Å². The van der Waals surface area contributed by atoms with Crippen molar-refractivity contribution in [2.75, 3.05) is 13.1 Å². The smallest absolute Gasteiger partial charge is 0.227 e. The minimum Gasteiger partial charge on any atom is -0.340 e. The quantitative estimate of drug-likeness (QED) is 0.824. The molecule has 0 radical (unpaired) electrons. The molecule has 0 saturated heterocycles. The zero-order chi connectivity index (χ0) is 13.9. The van der Waals surface area contributed by atoms with E-state index in [1.54, 1.807) is 6.33 Å². The van der Waals surface area contributed by atoms with Gasteiger partial charge in [-0.1, -0.05) is 24.3 Å². The second kappa shape index (κ2) is 5.45. The van der Waals surface area contributed by atoms with Crippen LogP contribution in [-0.4, -0.2) is 38.7 Å². The maximum Gasteiger partial charge on any atom is 0.227 e. The molecule has 0 atom stereocenters. The number of nitrogens with zero attached hydrogens (tertiary/aromatic N) is 4. The number of carbonyl (C=O) groups excluding carboxylic acids is 1. The molecule has 2 heterocycles. The van der Waals surface area contributed by atoms with Crippen LogP contribution in [0.2, 0.25) is 0 Å². The molecule has 1 aliphatic rings. The average molecular weight is 270 g/mol. The highest BCUT2D eigenvalue weighted by Gasteiger charge is 2.19. The lowest BCUT2D eigenvalue weighted by Gasteiger charge is -2.20. The van der Waals surface area contributed by atoms with Gasteiger partial charge < -0.3 is 9.47 Å². The van der Waals surface area contributed by atoms with E-state index in [1.165, 1.54) is 5.56 Å². The normalized spacial score (nSPS) is 14.8. The topological polar surface area (TPSA) is 51.0 Å². The van der Waals surface area contributed by atoms with Crippen LogP contribution >= 0.6 is 0 Å². The highest BCUT2D eigenvalue weighted by atomic mass is 16.2. The van der Waals surface area contributed by atoms with E-state index in [2.05, 4.69) is 10.2 Å². The van der Waals surface area contributed by atoms with Gasteiger partial charge in [0.1, 0.15) is 12.2 Å². The van der Waals surface area contributed by atoms with E-state index in [-0.39, 0.29) is 5.91 Å². The monoisotopic (exact) mass is 270 g/mol. The van der Waals surface area contributed by atoms with Crippen LogP contribution in [0.4, 0.5) is 0 Å². The van der Waals surface area contributed by atoms with Crippen molar-refractivity contribution in [3.05, 3.63) is 47.5 Å². The summed E-state index contributed by atoms with van der Waals surface area (Å²) in [6.07, 6.45) is 3.00. The first-order valence-electron chi connectivity index (χ1n) is 6.93. The Labute approximate surface area is 118 Å². The molecule has 1 amide bonds. The molecular formula is C15H18N4O. The van der Waals surface area contributed by atoms with Crippen molar-refractivity contribution in [3.63, 3.8) is 0 Å². The number of aromatic nitrogens is 3. The van der Waals surface area contributed by atoms with Crippen LogP contribution in [0.25, 0.3) is 0 Å². The van der Waals surface area contributed by atoms with Crippen molar-refractivity contribution in [1.29, 1.82) is 0 Å². The third-order valence-electron chi connectivity index (χ3n) is 3.87. The molecule has 0 saturated carbocycles. The van der Waals surface area contributed by atoms with E-state index < -0.39 is 0 Å². The molecule has 1 aromatic heterocycles. The third kappa shape index (κ3) is 2.57. The maximum atomic E-state index is 12.4. The predicted molar refractivity (Wildman–Crippen MR) is 75.2 cm³/mol. The Morgan fingerprint density at radius 2 is 2.10 bits per heavy atom. The number of amides is 1. The first-order chi connectivity index (χ1) is 9.74. The number of aryl methyl sites for hydroxylation is 1. The summed E-state index contributed by atoms with van der Waals surface area (Å²) in [5.74, 6) is 1.16. The second-order valence-electron chi connectivity index (χ2n) is 5.17. The highest BCUT2D eigenvalue weighted by Crippen LogP contribution is 2.11. The molecule has 104 valence electrons. The Bertz CT molecular complexity index is 597. The van der Waals surface area contributed by atoms with E-state index in [4.69, 9.17) is 0 Å². The van der Waals surface area contributed by atoms with Gasteiger partial charge in [0.25, 0.3) is 0 Å². The minimum atomic E-state index is 0.193. The molecule has 0 N–H and O–H groups in total. The minimum absolute atomic E-state index is 0.193. The predicted octanol–water partition coefficient (Wildman–Crippen LogP) is 1.21. The standard InChI is InChI=1S/C15H18N4O/c1-12-4-2-3-5-13(12)10-15(20)18-7-6-14-17-16-11-19(14)9-8-18/h2-5,11H,6-10H2,1H3. The lowest BCUT2D eigenvalue weighted by Crippen LogP contribution is -2.34. The van der Waals surface area contributed by atoms with Crippen LogP contribution in [0.15, 0.2) is 30.6 Å². The first kappa shape index (κ1) is 12.8. The van der Waals surface area contributed by atoms with Crippen molar-refractivity contribution in [1.82, 2.24) is 19.7 Å². The largest absolute Gasteiger partial charge is 0.340 e. The molecule has 0 aliphatic carbocycles. The van der Waals surface area contributed by atoms with Crippen LogP contribution in [0.1, 0.15) is 17.0 Å². The van der Waals surface area contributed by atoms with Gasteiger partial charge in [-0.25, -0.2) is 0 Å². The SMILES string of the molecule is Cc1ccccc1CC(=O)N1CCc2nncn2CC1. The van der Waals surface area contributed by atoms with E-state index in [0.717, 1.165) is 37.4 Å². The number of hydrogen-bond donors (Lipinski definition) is 0. The Hall–Kier alpha value is -2.17. The zero-order valence-electron chi connectivity index (χ0n) is 11.6. The van der Waals surface area contributed by atoms with Gasteiger partial charge >= 0.3 is 0 Å². The second-order valence-corrected chi connectivity index (χ2v) is 5.17. The fourth-order valence-corrected chi connectivity index (χ4v) is 2.57. The highest BCUT2D eigenvalue weighted by molar-refractivity contribution is 5.79. The number of fused-ring (bicyclic) bond motifs is 1. The van der Waals surface area contributed by atoms with Gasteiger partial charge in [0.15, 0.2) is 0 Å². The maximum absolute atomic E-state index is 12.4. The summed E-state index contributed by atoms with van der Waals surface area (Å²) in [7, 11) is 0. The van der Waals surface area contributed by atoms with Gasteiger partial charge in [0.2, 0.25) is 5.91 Å². The van der Waals surface area contributed by atoms with Crippen LogP contribution in [-0.2, 0) is 24.2 Å². The summed E-state index contributed by atoms with van der Waals surface area (Å²) in [5, 5.41) is 7.99. The van der Waals surface area contributed by atoms with Crippen LogP contribution in [0.5, 0.6) is 0 Å². The Balaban J connectivity index is 1.67. The summed E-state index contributed by atoms with van der Waals surface area (Å²) >= 11 is 0. The average Bonchev–Trinajstić information content (AvgIpc) is 2.80. The summed E-state index contributed by atoms with van der Waals surface area (Å²) < 4.78 is 2.03. The molecule has 0 bridgehead atoms. The van der Waals surface area contributed by atoms with E-state index in [0.29, 0.717) is 6.42 Å². The van der Waals surface area contributed by atoms with E-state index >= 15 is 0 Å². The van der Waals surface area contributed by atoms with E-state index in [9.17, 15) is 4.79 Å². The number of carbonyl (C=O) groups is 1. The van der Waals surface area contributed by atoms with Gasteiger partial charge in [-0.2, -0.15) is 0 Å². The van der Waals surface area contributed by atoms with Crippen molar-refractivity contribution in [2.24, 2.45) is 0 Å². The molecule has 3 rings (SSSR count). The summed E-state index contributed by atoms with van der Waals surface area (Å²) in [6, 6.07) is 8.06. The molecule has 5 nitrogen and oxygen atoms in total. The fourth-order valence-electron chi connectivity index (χ4n) is 2.57. The first-order valence-corrected chi connectivity index (χ1v) is 6.93. The molecule has 0 spiro atoms. The Kier molecular flexibility index (Phi) is 3.50. The Morgan fingerprint density at radius 1 is 1.25 bits per heavy atom. The number of rotatable bonds is 2. The molecular weight excluding hydrogens is 252 g/mol. The van der Waals surface area contributed by atoms with Crippen LogP contribution in [0.3, 0.4) is 0 Å². The summed E-state index contributed by atoms with van der Waals surface area (Å²) in [5.41, 5.74) is 2.29. The molecule has 0 fully saturated rings. The van der Waals surface area contributed by atoms with Crippen molar-refractivity contribution in [3.8, 4) is 0 Å². The third-order valence-corrected chi connectivity index (χ3v) is 3.87. The summed E-state index contributed by atoms with van der Waals surface area (Å²) in [6.45, 7) is 4.29. The lowest BCUT2D eigenvalue weighted by molar-refractivity contribution is -0.130. The lowest BCUT2D eigenvalue weighted by atomic mass is 10.1. The van der Waals surface area contributed by atoms with Crippen LogP contribution in [0, 0.1) is 6.92 Å². The van der Waals surface area contributed by atoms with Gasteiger partial charge in [-0.15, -0.1) is 10.2 Å². The molecule has 0 unspecified atom stereocenters. The zero-order valence-corrected chi connectivity index (χ0v) is 11.6. The van der Waals surface area contributed by atoms with Crippen LogP contribution < -0.4 is 0 Å². The molecule has 2 aromatic rings. The fraction of sp³-hybridized carbons (Fsp3) is 0.400.